The molecule has 1 heterocycles. The van der Waals surface area contributed by atoms with E-state index in [1.165, 1.54) is 11.3 Å². The molecule has 0 aliphatic heterocycles. The van der Waals surface area contributed by atoms with Crippen LogP contribution in [0.25, 0.3) is 0 Å². The number of rotatable bonds is 4. The van der Waals surface area contributed by atoms with Gasteiger partial charge in [-0.05, 0) is 12.8 Å². The minimum atomic E-state index is -0.399. The van der Waals surface area contributed by atoms with Crippen molar-refractivity contribution in [2.45, 2.75) is 38.1 Å². The van der Waals surface area contributed by atoms with Gasteiger partial charge in [0.2, 0.25) is 17.7 Å². The number of nitrogen functional groups attached to an aromatic ring is 1. The number of nitrogens with zero attached hydrogens (tertiary/aromatic N) is 4. The molecule has 1 aliphatic carbocycles. The Hall–Kier alpha value is -2.12. The van der Waals surface area contributed by atoms with Gasteiger partial charge in [-0.15, -0.1) is 5.10 Å². The van der Waals surface area contributed by atoms with Crippen molar-refractivity contribution in [1.29, 1.82) is 0 Å². The Morgan fingerprint density at radius 1 is 1.29 bits per heavy atom. The fraction of sp³-hybridized carbons (Fsp3) is 0.692. The maximum Gasteiger partial charge on any atom is 0.291 e. The minimum absolute atomic E-state index is 0.0115. The van der Waals surface area contributed by atoms with Gasteiger partial charge in [-0.2, -0.15) is 4.98 Å². The van der Waals surface area contributed by atoms with E-state index in [1.54, 1.807) is 11.9 Å². The highest BCUT2D eigenvalue weighted by Gasteiger charge is 2.25. The van der Waals surface area contributed by atoms with Gasteiger partial charge in [0, 0.05) is 20.1 Å². The number of anilines is 1. The Morgan fingerprint density at radius 2 is 1.95 bits per heavy atom. The number of nitrogens with two attached hydrogens (primary N) is 1. The molecule has 8 heteroatoms. The zero-order chi connectivity index (χ0) is 15.4. The fourth-order valence-corrected chi connectivity index (χ4v) is 2.61. The number of carbonyl (C=O) groups excluding carboxylic acids is 2. The Morgan fingerprint density at radius 3 is 2.52 bits per heavy atom. The molecular weight excluding hydrogens is 272 g/mol. The smallest absolute Gasteiger partial charge is 0.291 e. The maximum absolute atomic E-state index is 12.3. The molecule has 2 amide bonds. The van der Waals surface area contributed by atoms with Crippen LogP contribution in [0.4, 0.5) is 5.95 Å². The van der Waals surface area contributed by atoms with Crippen LogP contribution in [0, 0.1) is 0 Å². The summed E-state index contributed by atoms with van der Waals surface area (Å²) < 4.78 is 0. The molecule has 0 unspecified atom stereocenters. The van der Waals surface area contributed by atoms with Gasteiger partial charge in [-0.25, -0.2) is 0 Å². The second kappa shape index (κ2) is 6.55. The van der Waals surface area contributed by atoms with Crippen molar-refractivity contribution in [3.63, 3.8) is 0 Å². The maximum atomic E-state index is 12.3. The number of likely N-dealkylation sites (N-methyl/N-ethyl adjacent to an activating group) is 2. The summed E-state index contributed by atoms with van der Waals surface area (Å²) in [6.45, 7) is 0.0203. The van der Waals surface area contributed by atoms with E-state index < -0.39 is 5.91 Å². The summed E-state index contributed by atoms with van der Waals surface area (Å²) in [5.74, 6) is -0.407. The molecule has 1 aromatic heterocycles. The van der Waals surface area contributed by atoms with Gasteiger partial charge in [0.15, 0.2) is 0 Å². The third-order valence-electron chi connectivity index (χ3n) is 3.94. The van der Waals surface area contributed by atoms with Crippen LogP contribution >= 0.6 is 0 Å². The monoisotopic (exact) mass is 294 g/mol. The molecule has 0 aromatic carbocycles. The van der Waals surface area contributed by atoms with Crippen molar-refractivity contribution in [2.24, 2.45) is 0 Å². The molecule has 0 saturated heterocycles. The Kier molecular flexibility index (Phi) is 4.77. The topological polar surface area (TPSA) is 108 Å². The highest BCUT2D eigenvalue weighted by Crippen LogP contribution is 2.21. The zero-order valence-corrected chi connectivity index (χ0v) is 12.5. The van der Waals surface area contributed by atoms with Crippen LogP contribution in [-0.4, -0.2) is 63.5 Å². The van der Waals surface area contributed by atoms with E-state index in [-0.39, 0.29) is 30.3 Å². The van der Waals surface area contributed by atoms with Crippen molar-refractivity contribution in [3.8, 4) is 0 Å². The lowest BCUT2D eigenvalue weighted by molar-refractivity contribution is -0.133. The predicted molar refractivity (Wildman–Crippen MR) is 77.4 cm³/mol. The number of aromatic amines is 1. The van der Waals surface area contributed by atoms with Crippen molar-refractivity contribution in [2.75, 3.05) is 26.4 Å². The lowest BCUT2D eigenvalue weighted by Gasteiger charge is -2.32. The summed E-state index contributed by atoms with van der Waals surface area (Å²) in [5, 5.41) is 6.06. The standard InChI is InChI=1S/C13H22N6O2/c1-18(12(21)11-15-13(14)17-16-11)8-10(20)19(2)9-6-4-3-5-7-9/h9H,3-8H2,1-2H3,(H3,14,15,16,17). The van der Waals surface area contributed by atoms with Crippen molar-refractivity contribution in [1.82, 2.24) is 25.0 Å². The number of H-pyrrole nitrogens is 1. The highest BCUT2D eigenvalue weighted by molar-refractivity contribution is 5.93. The summed E-state index contributed by atoms with van der Waals surface area (Å²) in [6, 6.07) is 0.288. The molecule has 0 spiro atoms. The summed E-state index contributed by atoms with van der Waals surface area (Å²) in [7, 11) is 3.37. The van der Waals surface area contributed by atoms with E-state index in [1.807, 2.05) is 7.05 Å². The van der Waals surface area contributed by atoms with Gasteiger partial charge in [0.1, 0.15) is 0 Å². The number of aromatic nitrogens is 3. The van der Waals surface area contributed by atoms with Gasteiger partial charge in [0.05, 0.1) is 6.54 Å². The van der Waals surface area contributed by atoms with E-state index >= 15 is 0 Å². The zero-order valence-electron chi connectivity index (χ0n) is 12.5. The predicted octanol–water partition coefficient (Wildman–Crippen LogP) is 0.250. The van der Waals surface area contributed by atoms with Gasteiger partial charge in [-0.1, -0.05) is 19.3 Å². The number of amides is 2. The average molecular weight is 294 g/mol. The molecule has 21 heavy (non-hydrogen) atoms. The molecule has 1 aromatic rings. The summed E-state index contributed by atoms with van der Waals surface area (Å²) in [6.07, 6.45) is 5.64. The SMILES string of the molecule is CN(CC(=O)N(C)C1CCCCC1)C(=O)c1nc(N)n[nH]1. The lowest BCUT2D eigenvalue weighted by Crippen LogP contribution is -2.44. The third-order valence-corrected chi connectivity index (χ3v) is 3.94. The van der Waals surface area contributed by atoms with Gasteiger partial charge < -0.3 is 15.5 Å². The van der Waals surface area contributed by atoms with E-state index in [4.69, 9.17) is 5.73 Å². The third kappa shape index (κ3) is 3.71. The highest BCUT2D eigenvalue weighted by atomic mass is 16.2. The summed E-state index contributed by atoms with van der Waals surface area (Å²) >= 11 is 0. The molecule has 8 nitrogen and oxygen atoms in total. The molecule has 0 atom stereocenters. The van der Waals surface area contributed by atoms with Gasteiger partial charge in [-0.3, -0.25) is 14.7 Å². The lowest BCUT2D eigenvalue weighted by atomic mass is 9.94. The fourth-order valence-electron chi connectivity index (χ4n) is 2.61. The van der Waals surface area contributed by atoms with Crippen LogP contribution < -0.4 is 5.73 Å². The number of hydrogen-bond acceptors (Lipinski definition) is 5. The molecule has 1 aliphatic rings. The molecule has 0 radical (unpaired) electrons. The van der Waals surface area contributed by atoms with Gasteiger partial charge in [0.25, 0.3) is 5.91 Å². The first kappa shape index (κ1) is 15.3. The minimum Gasteiger partial charge on any atom is -0.366 e. The molecule has 116 valence electrons. The van der Waals surface area contributed by atoms with E-state index in [9.17, 15) is 9.59 Å². The Balaban J connectivity index is 1.90. The van der Waals surface area contributed by atoms with Crippen LogP contribution in [0.1, 0.15) is 42.7 Å². The van der Waals surface area contributed by atoms with Crippen molar-refractivity contribution < 1.29 is 9.59 Å². The van der Waals surface area contributed by atoms with Crippen LogP contribution in [-0.2, 0) is 4.79 Å². The van der Waals surface area contributed by atoms with E-state index in [2.05, 4.69) is 15.2 Å². The molecule has 1 saturated carbocycles. The first-order valence-corrected chi connectivity index (χ1v) is 7.18. The molecule has 1 fully saturated rings. The van der Waals surface area contributed by atoms with Crippen LogP contribution in [0.15, 0.2) is 0 Å². The largest absolute Gasteiger partial charge is 0.366 e. The summed E-state index contributed by atoms with van der Waals surface area (Å²) in [5.41, 5.74) is 5.36. The Bertz CT molecular complexity index is 509. The molecular formula is C13H22N6O2. The van der Waals surface area contributed by atoms with E-state index in [0.29, 0.717) is 0 Å². The van der Waals surface area contributed by atoms with E-state index in [0.717, 1.165) is 25.7 Å². The van der Waals surface area contributed by atoms with Gasteiger partial charge >= 0.3 is 0 Å². The number of nitrogens with one attached hydrogen (secondary N) is 1. The summed E-state index contributed by atoms with van der Waals surface area (Å²) in [4.78, 5) is 31.2. The number of hydrogen-bond donors (Lipinski definition) is 2. The molecule has 2 rings (SSSR count). The Labute approximate surface area is 123 Å². The second-order valence-corrected chi connectivity index (χ2v) is 5.50. The second-order valence-electron chi connectivity index (χ2n) is 5.50. The first-order chi connectivity index (χ1) is 9.99. The van der Waals surface area contributed by atoms with Crippen LogP contribution in [0.2, 0.25) is 0 Å². The molecule has 0 bridgehead atoms. The molecule has 3 N–H and O–H groups in total. The first-order valence-electron chi connectivity index (χ1n) is 7.18. The normalized spacial score (nSPS) is 15.7. The van der Waals surface area contributed by atoms with Crippen LogP contribution in [0.5, 0.6) is 0 Å². The average Bonchev–Trinajstić information content (AvgIpc) is 2.93. The quantitative estimate of drug-likeness (QED) is 0.827. The van der Waals surface area contributed by atoms with Crippen molar-refractivity contribution in [3.05, 3.63) is 5.82 Å². The van der Waals surface area contributed by atoms with Crippen LogP contribution in [0.3, 0.4) is 0 Å². The number of carbonyl (C=O) groups is 2. The van der Waals surface area contributed by atoms with Crippen molar-refractivity contribution >= 4 is 17.8 Å².